The van der Waals surface area contributed by atoms with Crippen molar-refractivity contribution in [2.75, 3.05) is 50.9 Å². The highest BCUT2D eigenvalue weighted by Crippen LogP contribution is 2.21. The Morgan fingerprint density at radius 2 is 1.96 bits per heavy atom. The molecule has 7 nitrogen and oxygen atoms in total. The molecule has 136 valence electrons. The number of H-pyrrole nitrogens is 1. The van der Waals surface area contributed by atoms with Crippen molar-refractivity contribution in [3.63, 3.8) is 0 Å². The highest BCUT2D eigenvalue weighted by molar-refractivity contribution is 5.94. The Bertz CT molecular complexity index is 608. The normalized spacial score (nSPS) is 18.9. The molecule has 0 saturated carbocycles. The number of likely N-dealkylation sites (tertiary alicyclic amines) is 1. The van der Waals surface area contributed by atoms with Crippen LogP contribution in [-0.4, -0.2) is 62.8 Å². The van der Waals surface area contributed by atoms with Crippen molar-refractivity contribution in [3.05, 3.63) is 23.9 Å². The third kappa shape index (κ3) is 4.28. The Balaban J connectivity index is 1.61. The number of hydrogen-bond donors (Lipinski definition) is 0. The van der Waals surface area contributed by atoms with Crippen LogP contribution in [0, 0.1) is 5.92 Å². The highest BCUT2D eigenvalue weighted by Gasteiger charge is 2.29. The molecule has 25 heavy (non-hydrogen) atoms. The fourth-order valence-corrected chi connectivity index (χ4v) is 3.33. The molecular formula is C18H26N3O4+. The van der Waals surface area contributed by atoms with E-state index < -0.39 is 0 Å². The van der Waals surface area contributed by atoms with Crippen LogP contribution in [0.1, 0.15) is 30.1 Å². The SMILES string of the molecule is CCOC(=O)C1CCN(C(=O)c2cc[nH+]c(N3CCOCC3)c2)CC1. The predicted octanol–water partition coefficient (Wildman–Crippen LogP) is 0.753. The third-order valence-electron chi connectivity index (χ3n) is 4.79. The molecule has 7 heteroatoms. The van der Waals surface area contributed by atoms with Crippen LogP contribution in [-0.2, 0) is 14.3 Å². The molecule has 0 aromatic carbocycles. The molecule has 1 aromatic rings. The summed E-state index contributed by atoms with van der Waals surface area (Å²) < 4.78 is 10.5. The average Bonchev–Trinajstić information content (AvgIpc) is 2.68. The first-order chi connectivity index (χ1) is 12.2. The minimum absolute atomic E-state index is 0.0193. The van der Waals surface area contributed by atoms with Crippen molar-refractivity contribution in [2.45, 2.75) is 19.8 Å². The third-order valence-corrected chi connectivity index (χ3v) is 4.79. The average molecular weight is 348 g/mol. The Labute approximate surface area is 147 Å². The Hall–Kier alpha value is -2.15. The topological polar surface area (TPSA) is 73.2 Å². The molecule has 0 spiro atoms. The smallest absolute Gasteiger partial charge is 0.309 e. The summed E-state index contributed by atoms with van der Waals surface area (Å²) in [6.45, 7) is 6.44. The van der Waals surface area contributed by atoms with Crippen LogP contribution in [0.2, 0.25) is 0 Å². The van der Waals surface area contributed by atoms with Gasteiger partial charge in [-0.1, -0.05) is 0 Å². The lowest BCUT2D eigenvalue weighted by atomic mass is 9.96. The van der Waals surface area contributed by atoms with Crippen molar-refractivity contribution in [2.24, 2.45) is 5.92 Å². The number of nitrogens with zero attached hydrogens (tertiary/aromatic N) is 2. The van der Waals surface area contributed by atoms with Gasteiger partial charge in [-0.15, -0.1) is 0 Å². The zero-order chi connectivity index (χ0) is 17.6. The summed E-state index contributed by atoms with van der Waals surface area (Å²) in [6.07, 6.45) is 3.14. The molecule has 3 heterocycles. The highest BCUT2D eigenvalue weighted by atomic mass is 16.5. The summed E-state index contributed by atoms with van der Waals surface area (Å²) in [4.78, 5) is 31.8. The molecule has 0 radical (unpaired) electrons. The lowest BCUT2D eigenvalue weighted by Gasteiger charge is -2.31. The molecule has 3 rings (SSSR count). The van der Waals surface area contributed by atoms with E-state index in [9.17, 15) is 9.59 Å². The van der Waals surface area contributed by atoms with Gasteiger partial charge in [-0.2, -0.15) is 0 Å². The molecule has 0 aliphatic carbocycles. The van der Waals surface area contributed by atoms with Crippen molar-refractivity contribution in [1.29, 1.82) is 0 Å². The summed E-state index contributed by atoms with van der Waals surface area (Å²) in [7, 11) is 0. The maximum absolute atomic E-state index is 12.8. The second kappa shape index (κ2) is 8.29. The largest absolute Gasteiger partial charge is 0.466 e. The fourth-order valence-electron chi connectivity index (χ4n) is 3.33. The number of pyridine rings is 1. The number of anilines is 1. The first-order valence-electron chi connectivity index (χ1n) is 8.99. The molecule has 2 fully saturated rings. The Morgan fingerprint density at radius 1 is 1.24 bits per heavy atom. The van der Waals surface area contributed by atoms with E-state index in [4.69, 9.17) is 9.47 Å². The maximum atomic E-state index is 12.8. The van der Waals surface area contributed by atoms with Crippen molar-refractivity contribution in [1.82, 2.24) is 4.90 Å². The van der Waals surface area contributed by atoms with E-state index in [2.05, 4.69) is 9.88 Å². The summed E-state index contributed by atoms with van der Waals surface area (Å²) in [5.74, 6) is 0.733. The molecule has 2 saturated heterocycles. The molecule has 2 aliphatic heterocycles. The van der Waals surface area contributed by atoms with Crippen LogP contribution in [0.5, 0.6) is 0 Å². The van der Waals surface area contributed by atoms with Crippen LogP contribution in [0.25, 0.3) is 0 Å². The molecule has 2 aliphatic rings. The van der Waals surface area contributed by atoms with Gasteiger partial charge in [-0.05, 0) is 25.8 Å². The van der Waals surface area contributed by atoms with Gasteiger partial charge in [0.1, 0.15) is 13.1 Å². The number of carbonyl (C=O) groups excluding carboxylic acids is 2. The number of nitrogens with one attached hydrogen (secondary N) is 1. The molecule has 1 aromatic heterocycles. The van der Waals surface area contributed by atoms with Gasteiger partial charge in [0.25, 0.3) is 11.7 Å². The number of carbonyl (C=O) groups is 2. The number of esters is 1. The fraction of sp³-hybridized carbons (Fsp3) is 0.611. The molecule has 0 atom stereocenters. The van der Waals surface area contributed by atoms with Gasteiger partial charge in [0.2, 0.25) is 0 Å². The summed E-state index contributed by atoms with van der Waals surface area (Å²) in [5.41, 5.74) is 0.676. The zero-order valence-electron chi connectivity index (χ0n) is 14.7. The molecule has 1 N–H and O–H groups in total. The van der Waals surface area contributed by atoms with Gasteiger partial charge in [-0.25, -0.2) is 4.98 Å². The minimum atomic E-state index is -0.140. The number of rotatable bonds is 4. The quantitative estimate of drug-likeness (QED) is 0.751. The van der Waals surface area contributed by atoms with E-state index in [1.807, 2.05) is 30.2 Å². The van der Waals surface area contributed by atoms with Crippen molar-refractivity contribution < 1.29 is 24.0 Å². The number of amides is 1. The van der Waals surface area contributed by atoms with Gasteiger partial charge in [-0.3, -0.25) is 14.5 Å². The lowest BCUT2D eigenvalue weighted by molar-refractivity contribution is -0.364. The zero-order valence-corrected chi connectivity index (χ0v) is 14.7. The van der Waals surface area contributed by atoms with Crippen molar-refractivity contribution in [3.8, 4) is 0 Å². The van der Waals surface area contributed by atoms with E-state index >= 15 is 0 Å². The van der Waals surface area contributed by atoms with Crippen LogP contribution >= 0.6 is 0 Å². The Morgan fingerprint density at radius 3 is 2.64 bits per heavy atom. The lowest BCUT2D eigenvalue weighted by Crippen LogP contribution is -2.41. The summed E-state index contributed by atoms with van der Waals surface area (Å²) >= 11 is 0. The van der Waals surface area contributed by atoms with Gasteiger partial charge in [0.15, 0.2) is 0 Å². The van der Waals surface area contributed by atoms with Gasteiger partial charge < -0.3 is 14.4 Å². The van der Waals surface area contributed by atoms with Crippen LogP contribution in [0.15, 0.2) is 18.3 Å². The Kier molecular flexibility index (Phi) is 5.86. The predicted molar refractivity (Wildman–Crippen MR) is 91.3 cm³/mol. The van der Waals surface area contributed by atoms with Crippen LogP contribution in [0.3, 0.4) is 0 Å². The minimum Gasteiger partial charge on any atom is -0.466 e. The van der Waals surface area contributed by atoms with Gasteiger partial charge in [0, 0.05) is 19.2 Å². The van der Waals surface area contributed by atoms with Crippen molar-refractivity contribution >= 4 is 17.7 Å². The first-order valence-corrected chi connectivity index (χ1v) is 8.99. The molecule has 1 amide bonds. The summed E-state index contributed by atoms with van der Waals surface area (Å²) in [5, 5.41) is 0. The van der Waals surface area contributed by atoms with E-state index in [0.29, 0.717) is 51.3 Å². The van der Waals surface area contributed by atoms with E-state index in [1.165, 1.54) is 0 Å². The molecular weight excluding hydrogens is 322 g/mol. The number of hydrogen-bond acceptors (Lipinski definition) is 5. The standard InChI is InChI=1S/C18H25N3O4/c1-2-25-18(23)14-4-7-21(8-5-14)17(22)15-3-6-19-16(13-15)20-9-11-24-12-10-20/h3,6,13-14H,2,4-5,7-12H2,1H3/p+1. The maximum Gasteiger partial charge on any atom is 0.309 e. The number of morpholine rings is 1. The first kappa shape index (κ1) is 17.7. The van der Waals surface area contributed by atoms with Crippen LogP contribution < -0.4 is 9.88 Å². The molecule has 0 bridgehead atoms. The second-order valence-corrected chi connectivity index (χ2v) is 6.38. The van der Waals surface area contributed by atoms with E-state index in [1.54, 1.807) is 0 Å². The monoisotopic (exact) mass is 348 g/mol. The number of aromatic amines is 1. The van der Waals surface area contributed by atoms with E-state index in [-0.39, 0.29) is 17.8 Å². The van der Waals surface area contributed by atoms with Crippen LogP contribution in [0.4, 0.5) is 5.82 Å². The van der Waals surface area contributed by atoms with E-state index in [0.717, 1.165) is 18.9 Å². The number of ether oxygens (including phenoxy) is 2. The summed E-state index contributed by atoms with van der Waals surface area (Å²) in [6, 6.07) is 3.72. The number of aromatic nitrogens is 1. The van der Waals surface area contributed by atoms with Gasteiger partial charge in [0.05, 0.1) is 37.5 Å². The molecule has 0 unspecified atom stereocenters. The van der Waals surface area contributed by atoms with Gasteiger partial charge >= 0.3 is 5.97 Å². The number of piperidine rings is 1. The second-order valence-electron chi connectivity index (χ2n) is 6.38.